The molecule has 0 unspecified atom stereocenters. The summed E-state index contributed by atoms with van der Waals surface area (Å²) >= 11 is 6.02. The zero-order chi connectivity index (χ0) is 19.1. The highest BCUT2D eigenvalue weighted by Crippen LogP contribution is 2.27. The van der Waals surface area contributed by atoms with Crippen molar-refractivity contribution in [1.29, 1.82) is 0 Å². The van der Waals surface area contributed by atoms with E-state index in [1.807, 2.05) is 6.92 Å². The molecule has 0 aliphatic heterocycles. The molecule has 26 heavy (non-hydrogen) atoms. The fourth-order valence-corrected chi connectivity index (χ4v) is 2.38. The molecule has 0 heterocycles. The van der Waals surface area contributed by atoms with Crippen molar-refractivity contribution in [1.82, 2.24) is 0 Å². The molecule has 0 saturated heterocycles. The molecule has 0 saturated carbocycles. The Morgan fingerprint density at radius 3 is 2.42 bits per heavy atom. The molecule has 1 amide bonds. The molecule has 1 atom stereocenters. The molecule has 2 aromatic carbocycles. The summed E-state index contributed by atoms with van der Waals surface area (Å²) in [4.78, 5) is 24.3. The normalized spacial score (nSPS) is 11.4. The second-order valence-corrected chi connectivity index (χ2v) is 5.75. The van der Waals surface area contributed by atoms with Gasteiger partial charge in [0.25, 0.3) is 5.91 Å². The van der Waals surface area contributed by atoms with E-state index >= 15 is 0 Å². The first-order chi connectivity index (χ1) is 12.4. The summed E-state index contributed by atoms with van der Waals surface area (Å²) in [5, 5.41) is 3.01. The van der Waals surface area contributed by atoms with Crippen molar-refractivity contribution < 1.29 is 23.8 Å². The first-order valence-electron chi connectivity index (χ1n) is 8.02. The summed E-state index contributed by atoms with van der Waals surface area (Å²) in [6.07, 6.45) is -0.977. The summed E-state index contributed by atoms with van der Waals surface area (Å²) < 4.78 is 15.6. The number of methoxy groups -OCH3 is 1. The van der Waals surface area contributed by atoms with Gasteiger partial charge in [-0.2, -0.15) is 0 Å². The van der Waals surface area contributed by atoms with Crippen LogP contribution in [0.15, 0.2) is 42.5 Å². The van der Waals surface area contributed by atoms with Crippen LogP contribution < -0.4 is 14.8 Å². The standard InChI is InChI=1S/C19H20ClNO5/c1-4-25-15-8-5-13(6-9-15)19(23)26-12(2)18(22)21-14-7-10-17(24-3)16(20)11-14/h5-12H,4H2,1-3H3,(H,21,22)/t12-/m0/s1. The minimum absolute atomic E-state index is 0.334. The number of anilines is 1. The third kappa shape index (κ3) is 5.13. The number of esters is 1. The van der Waals surface area contributed by atoms with Gasteiger partial charge in [-0.25, -0.2) is 4.79 Å². The highest BCUT2D eigenvalue weighted by molar-refractivity contribution is 6.32. The van der Waals surface area contributed by atoms with Crippen LogP contribution in [-0.2, 0) is 9.53 Å². The monoisotopic (exact) mass is 377 g/mol. The van der Waals surface area contributed by atoms with Crippen LogP contribution in [0, 0.1) is 0 Å². The van der Waals surface area contributed by atoms with Gasteiger partial charge in [-0.1, -0.05) is 11.6 Å². The van der Waals surface area contributed by atoms with Crippen molar-refractivity contribution in [3.05, 3.63) is 53.1 Å². The number of rotatable bonds is 7. The SMILES string of the molecule is CCOc1ccc(C(=O)O[C@@H](C)C(=O)Nc2ccc(OC)c(Cl)c2)cc1. The Morgan fingerprint density at radius 1 is 1.15 bits per heavy atom. The fourth-order valence-electron chi connectivity index (χ4n) is 2.12. The van der Waals surface area contributed by atoms with Gasteiger partial charge in [0.05, 0.1) is 24.3 Å². The molecular formula is C19H20ClNO5. The lowest BCUT2D eigenvalue weighted by molar-refractivity contribution is -0.123. The van der Waals surface area contributed by atoms with Crippen LogP contribution in [0.4, 0.5) is 5.69 Å². The average Bonchev–Trinajstić information content (AvgIpc) is 2.62. The number of nitrogens with one attached hydrogen (secondary N) is 1. The summed E-state index contributed by atoms with van der Waals surface area (Å²) in [7, 11) is 1.50. The van der Waals surface area contributed by atoms with Gasteiger partial charge in [0.15, 0.2) is 6.10 Å². The molecule has 1 N–H and O–H groups in total. The number of hydrogen-bond donors (Lipinski definition) is 1. The summed E-state index contributed by atoms with van der Waals surface area (Å²) in [6, 6.07) is 11.3. The van der Waals surface area contributed by atoms with E-state index in [0.717, 1.165) is 0 Å². The van der Waals surface area contributed by atoms with Crippen LogP contribution in [0.5, 0.6) is 11.5 Å². The lowest BCUT2D eigenvalue weighted by Crippen LogP contribution is -2.30. The van der Waals surface area contributed by atoms with E-state index in [1.54, 1.807) is 42.5 Å². The van der Waals surface area contributed by atoms with Gasteiger partial charge in [0.1, 0.15) is 11.5 Å². The molecule has 7 heteroatoms. The Balaban J connectivity index is 1.95. The van der Waals surface area contributed by atoms with Crippen LogP contribution in [0.1, 0.15) is 24.2 Å². The maximum absolute atomic E-state index is 12.2. The van der Waals surface area contributed by atoms with Crippen LogP contribution in [0.3, 0.4) is 0 Å². The van der Waals surface area contributed by atoms with Gasteiger partial charge < -0.3 is 19.5 Å². The average molecular weight is 378 g/mol. The van der Waals surface area contributed by atoms with Crippen LogP contribution in [0.2, 0.25) is 5.02 Å². The van der Waals surface area contributed by atoms with E-state index in [4.69, 9.17) is 25.8 Å². The van der Waals surface area contributed by atoms with Gasteiger partial charge in [-0.3, -0.25) is 4.79 Å². The summed E-state index contributed by atoms with van der Waals surface area (Å²) in [6.45, 7) is 3.90. The third-order valence-electron chi connectivity index (χ3n) is 3.47. The quantitative estimate of drug-likeness (QED) is 0.740. The van der Waals surface area contributed by atoms with E-state index in [0.29, 0.717) is 34.4 Å². The molecule has 2 rings (SSSR count). The van der Waals surface area contributed by atoms with Gasteiger partial charge in [-0.15, -0.1) is 0 Å². The van der Waals surface area contributed by atoms with Crippen LogP contribution in [0.25, 0.3) is 0 Å². The smallest absolute Gasteiger partial charge is 0.338 e. The number of halogens is 1. The van der Waals surface area contributed by atoms with E-state index in [1.165, 1.54) is 14.0 Å². The molecule has 0 fully saturated rings. The first-order valence-corrected chi connectivity index (χ1v) is 8.40. The molecule has 2 aromatic rings. The number of benzene rings is 2. The molecule has 6 nitrogen and oxygen atoms in total. The van der Waals surface area contributed by atoms with Crippen LogP contribution >= 0.6 is 11.6 Å². The van der Waals surface area contributed by atoms with E-state index in [9.17, 15) is 9.59 Å². The third-order valence-corrected chi connectivity index (χ3v) is 3.77. The predicted molar refractivity (Wildman–Crippen MR) is 99.1 cm³/mol. The van der Waals surface area contributed by atoms with Crippen molar-refractivity contribution in [2.24, 2.45) is 0 Å². The van der Waals surface area contributed by atoms with Crippen molar-refractivity contribution in [3.63, 3.8) is 0 Å². The number of hydrogen-bond acceptors (Lipinski definition) is 5. The molecule has 0 aromatic heterocycles. The van der Waals surface area contributed by atoms with Gasteiger partial charge in [0, 0.05) is 5.69 Å². The lowest BCUT2D eigenvalue weighted by atomic mass is 10.2. The largest absolute Gasteiger partial charge is 0.495 e. The molecular weight excluding hydrogens is 358 g/mol. The Morgan fingerprint density at radius 2 is 1.85 bits per heavy atom. The van der Waals surface area contributed by atoms with Crippen molar-refractivity contribution >= 4 is 29.2 Å². The second-order valence-electron chi connectivity index (χ2n) is 5.34. The molecule has 0 aliphatic carbocycles. The first kappa shape index (κ1) is 19.6. The zero-order valence-corrected chi connectivity index (χ0v) is 15.5. The minimum Gasteiger partial charge on any atom is -0.495 e. The predicted octanol–water partition coefficient (Wildman–Crippen LogP) is 3.93. The number of carbonyl (C=O) groups is 2. The van der Waals surface area contributed by atoms with E-state index < -0.39 is 18.0 Å². The molecule has 138 valence electrons. The Hall–Kier alpha value is -2.73. The second kappa shape index (κ2) is 9.10. The highest BCUT2D eigenvalue weighted by Gasteiger charge is 2.19. The maximum Gasteiger partial charge on any atom is 0.338 e. The highest BCUT2D eigenvalue weighted by atomic mass is 35.5. The number of carbonyl (C=O) groups excluding carboxylic acids is 2. The Kier molecular flexibility index (Phi) is 6.86. The van der Waals surface area contributed by atoms with Crippen molar-refractivity contribution in [2.45, 2.75) is 20.0 Å². The van der Waals surface area contributed by atoms with Gasteiger partial charge >= 0.3 is 5.97 Å². The van der Waals surface area contributed by atoms with Crippen molar-refractivity contribution in [2.75, 3.05) is 19.0 Å². The number of amides is 1. The van der Waals surface area contributed by atoms with Gasteiger partial charge in [-0.05, 0) is 56.3 Å². The zero-order valence-electron chi connectivity index (χ0n) is 14.7. The van der Waals surface area contributed by atoms with E-state index in [2.05, 4.69) is 5.32 Å². The minimum atomic E-state index is -0.977. The molecule has 0 spiro atoms. The number of ether oxygens (including phenoxy) is 3. The topological polar surface area (TPSA) is 73.9 Å². The Labute approximate surface area is 157 Å². The Bertz CT molecular complexity index is 776. The van der Waals surface area contributed by atoms with Gasteiger partial charge in [0.2, 0.25) is 0 Å². The summed E-state index contributed by atoms with van der Waals surface area (Å²) in [5.74, 6) is 0.0971. The lowest BCUT2D eigenvalue weighted by Gasteiger charge is -2.14. The van der Waals surface area contributed by atoms with E-state index in [-0.39, 0.29) is 0 Å². The molecule has 0 radical (unpaired) electrons. The maximum atomic E-state index is 12.2. The molecule has 0 aliphatic rings. The fraction of sp³-hybridized carbons (Fsp3) is 0.263. The van der Waals surface area contributed by atoms with Crippen LogP contribution in [-0.4, -0.2) is 31.7 Å². The molecule has 0 bridgehead atoms. The van der Waals surface area contributed by atoms with Crippen molar-refractivity contribution in [3.8, 4) is 11.5 Å². The summed E-state index contributed by atoms with van der Waals surface area (Å²) in [5.41, 5.74) is 0.811.